The van der Waals surface area contributed by atoms with E-state index >= 15 is 0 Å². The van der Waals surface area contributed by atoms with Gasteiger partial charge in [-0.15, -0.1) is 0 Å². The third kappa shape index (κ3) is 2.06. The molecule has 0 atom stereocenters. The van der Waals surface area contributed by atoms with Crippen LogP contribution in [0.4, 0.5) is 5.13 Å². The Bertz CT molecular complexity index is 588. The number of aromatic carboxylic acids is 1. The Labute approximate surface area is 109 Å². The van der Waals surface area contributed by atoms with Gasteiger partial charge in [0.25, 0.3) is 0 Å². The van der Waals surface area contributed by atoms with Gasteiger partial charge in [0.05, 0.1) is 15.8 Å². The Kier molecular flexibility index (Phi) is 2.91. The number of carbonyl (C=O) groups is 1. The number of hydrogen-bond acceptors (Lipinski definition) is 4. The molecule has 0 unspecified atom stereocenters. The third-order valence-corrected chi connectivity index (χ3v) is 4.35. The van der Waals surface area contributed by atoms with Gasteiger partial charge in [-0.2, -0.15) is 0 Å². The van der Waals surface area contributed by atoms with Crippen LogP contribution in [0.15, 0.2) is 18.2 Å². The number of carboxylic acids is 1. The van der Waals surface area contributed by atoms with Crippen molar-refractivity contribution in [3.8, 4) is 0 Å². The highest BCUT2D eigenvalue weighted by Gasteiger charge is 2.15. The molecular weight excluding hydrogens is 248 g/mol. The van der Waals surface area contributed by atoms with E-state index in [0.29, 0.717) is 5.56 Å². The van der Waals surface area contributed by atoms with E-state index in [-0.39, 0.29) is 0 Å². The summed E-state index contributed by atoms with van der Waals surface area (Å²) in [5.41, 5.74) is 1.10. The molecular formula is C13H14N2O2S. The third-order valence-electron chi connectivity index (χ3n) is 3.25. The average Bonchev–Trinajstić information content (AvgIpc) is 2.82. The van der Waals surface area contributed by atoms with Crippen molar-refractivity contribution in [1.29, 1.82) is 0 Å². The smallest absolute Gasteiger partial charge is 0.335 e. The summed E-state index contributed by atoms with van der Waals surface area (Å²) in [5, 5.41) is 9.99. The monoisotopic (exact) mass is 262 g/mol. The van der Waals surface area contributed by atoms with Crippen LogP contribution in [0.5, 0.6) is 0 Å². The molecule has 18 heavy (non-hydrogen) atoms. The lowest BCUT2D eigenvalue weighted by Crippen LogP contribution is -2.29. The Morgan fingerprint density at radius 3 is 2.78 bits per heavy atom. The van der Waals surface area contributed by atoms with Gasteiger partial charge in [-0.1, -0.05) is 11.3 Å². The van der Waals surface area contributed by atoms with Gasteiger partial charge in [0, 0.05) is 13.1 Å². The molecule has 1 aromatic heterocycles. The van der Waals surface area contributed by atoms with Crippen LogP contribution in [0.2, 0.25) is 0 Å². The van der Waals surface area contributed by atoms with Crippen molar-refractivity contribution >= 4 is 32.7 Å². The fourth-order valence-electron chi connectivity index (χ4n) is 2.27. The Morgan fingerprint density at radius 2 is 2.06 bits per heavy atom. The summed E-state index contributed by atoms with van der Waals surface area (Å²) in [6.45, 7) is 2.12. The quantitative estimate of drug-likeness (QED) is 0.904. The van der Waals surface area contributed by atoms with Crippen molar-refractivity contribution in [2.24, 2.45) is 0 Å². The molecule has 0 spiro atoms. The maximum Gasteiger partial charge on any atom is 0.335 e. The largest absolute Gasteiger partial charge is 0.478 e. The maximum atomic E-state index is 10.9. The van der Waals surface area contributed by atoms with Crippen LogP contribution < -0.4 is 4.90 Å². The van der Waals surface area contributed by atoms with Crippen molar-refractivity contribution in [1.82, 2.24) is 4.98 Å². The van der Waals surface area contributed by atoms with Crippen molar-refractivity contribution < 1.29 is 9.90 Å². The molecule has 4 nitrogen and oxygen atoms in total. The van der Waals surface area contributed by atoms with E-state index in [9.17, 15) is 4.79 Å². The second-order valence-corrected chi connectivity index (χ2v) is 5.54. The molecule has 0 saturated carbocycles. The maximum absolute atomic E-state index is 10.9. The number of anilines is 1. The molecule has 5 heteroatoms. The van der Waals surface area contributed by atoms with Gasteiger partial charge in [-0.05, 0) is 37.5 Å². The van der Waals surface area contributed by atoms with Crippen LogP contribution in [-0.4, -0.2) is 29.1 Å². The Hall–Kier alpha value is -1.62. The van der Waals surface area contributed by atoms with E-state index in [1.165, 1.54) is 19.3 Å². The summed E-state index contributed by atoms with van der Waals surface area (Å²) in [6, 6.07) is 5.15. The first-order valence-corrected chi connectivity index (χ1v) is 6.94. The minimum atomic E-state index is -0.899. The molecule has 94 valence electrons. The van der Waals surface area contributed by atoms with E-state index < -0.39 is 5.97 Å². The molecule has 0 bridgehead atoms. The van der Waals surface area contributed by atoms with Gasteiger partial charge in [-0.25, -0.2) is 9.78 Å². The van der Waals surface area contributed by atoms with E-state index in [2.05, 4.69) is 9.88 Å². The van der Waals surface area contributed by atoms with Crippen molar-refractivity contribution in [3.05, 3.63) is 23.8 Å². The predicted octanol–water partition coefficient (Wildman–Crippen LogP) is 2.98. The van der Waals surface area contributed by atoms with Gasteiger partial charge in [0.2, 0.25) is 0 Å². The van der Waals surface area contributed by atoms with Gasteiger partial charge in [0.1, 0.15) is 0 Å². The highest BCUT2D eigenvalue weighted by atomic mass is 32.1. The number of fused-ring (bicyclic) bond motifs is 1. The van der Waals surface area contributed by atoms with Crippen LogP contribution in [-0.2, 0) is 0 Å². The number of carboxylic acid groups (broad SMARTS) is 1. The first-order valence-electron chi connectivity index (χ1n) is 6.13. The first-order chi connectivity index (χ1) is 8.74. The predicted molar refractivity (Wildman–Crippen MR) is 72.6 cm³/mol. The van der Waals surface area contributed by atoms with Gasteiger partial charge >= 0.3 is 5.97 Å². The van der Waals surface area contributed by atoms with E-state index in [4.69, 9.17) is 5.11 Å². The number of aromatic nitrogens is 1. The molecule has 0 aliphatic carbocycles. The lowest BCUT2D eigenvalue weighted by atomic mass is 10.1. The van der Waals surface area contributed by atoms with Crippen LogP contribution in [0.25, 0.3) is 10.2 Å². The van der Waals surface area contributed by atoms with E-state index in [1.54, 1.807) is 23.5 Å². The summed E-state index contributed by atoms with van der Waals surface area (Å²) in [7, 11) is 0. The summed E-state index contributed by atoms with van der Waals surface area (Å²) in [4.78, 5) is 17.8. The molecule has 1 fully saturated rings. The summed E-state index contributed by atoms with van der Waals surface area (Å²) < 4.78 is 1.06. The highest BCUT2D eigenvalue weighted by molar-refractivity contribution is 7.22. The van der Waals surface area contributed by atoms with Crippen LogP contribution in [0.1, 0.15) is 29.6 Å². The lowest BCUT2D eigenvalue weighted by molar-refractivity contribution is 0.0697. The zero-order valence-corrected chi connectivity index (χ0v) is 10.7. The van der Waals surface area contributed by atoms with Gasteiger partial charge in [-0.3, -0.25) is 0 Å². The molecule has 3 rings (SSSR count). The normalized spacial score (nSPS) is 16.1. The molecule has 2 aromatic rings. The number of thiazole rings is 1. The van der Waals surface area contributed by atoms with E-state index in [0.717, 1.165) is 28.4 Å². The minimum Gasteiger partial charge on any atom is -0.478 e. The summed E-state index contributed by atoms with van der Waals surface area (Å²) in [6.07, 6.45) is 3.73. The van der Waals surface area contributed by atoms with Crippen LogP contribution in [0.3, 0.4) is 0 Å². The zero-order chi connectivity index (χ0) is 12.5. The summed E-state index contributed by atoms with van der Waals surface area (Å²) in [5.74, 6) is -0.899. The second-order valence-electron chi connectivity index (χ2n) is 4.53. The van der Waals surface area contributed by atoms with Crippen LogP contribution in [0, 0.1) is 0 Å². The molecule has 1 aliphatic heterocycles. The van der Waals surface area contributed by atoms with Crippen molar-refractivity contribution in [3.63, 3.8) is 0 Å². The standard InChI is InChI=1S/C13H14N2O2S/c16-12(17)9-4-5-11-10(8-9)14-13(18-11)15-6-2-1-3-7-15/h4-5,8H,1-3,6-7H2,(H,16,17). The average molecular weight is 262 g/mol. The molecule has 1 aromatic carbocycles. The Morgan fingerprint density at radius 1 is 1.28 bits per heavy atom. The van der Waals surface area contributed by atoms with Gasteiger partial charge < -0.3 is 10.0 Å². The zero-order valence-electron chi connectivity index (χ0n) is 9.93. The lowest BCUT2D eigenvalue weighted by Gasteiger charge is -2.25. The number of nitrogens with zero attached hydrogens (tertiary/aromatic N) is 2. The molecule has 1 aliphatic rings. The SMILES string of the molecule is O=C(O)c1ccc2sc(N3CCCCC3)nc2c1. The number of rotatable bonds is 2. The minimum absolute atomic E-state index is 0.304. The summed E-state index contributed by atoms with van der Waals surface area (Å²) >= 11 is 1.65. The highest BCUT2D eigenvalue weighted by Crippen LogP contribution is 2.30. The number of piperidine rings is 1. The molecule has 2 heterocycles. The van der Waals surface area contributed by atoms with Crippen molar-refractivity contribution in [2.45, 2.75) is 19.3 Å². The fraction of sp³-hybridized carbons (Fsp3) is 0.385. The first kappa shape index (κ1) is 11.5. The topological polar surface area (TPSA) is 53.4 Å². The Balaban J connectivity index is 1.97. The molecule has 0 radical (unpaired) electrons. The number of hydrogen-bond donors (Lipinski definition) is 1. The second kappa shape index (κ2) is 4.57. The molecule has 0 amide bonds. The fourth-order valence-corrected chi connectivity index (χ4v) is 3.27. The van der Waals surface area contributed by atoms with Gasteiger partial charge in [0.15, 0.2) is 5.13 Å². The van der Waals surface area contributed by atoms with Crippen LogP contribution >= 0.6 is 11.3 Å². The van der Waals surface area contributed by atoms with Crippen molar-refractivity contribution in [2.75, 3.05) is 18.0 Å². The molecule has 1 saturated heterocycles. The molecule has 1 N–H and O–H groups in total. The van der Waals surface area contributed by atoms with E-state index in [1.807, 2.05) is 6.07 Å². The number of benzene rings is 1.